The number of nitrogens with one attached hydrogen (secondary N) is 1. The molecule has 0 aliphatic carbocycles. The highest BCUT2D eigenvalue weighted by Gasteiger charge is 2.33. The number of hydrogen-bond acceptors (Lipinski definition) is 6. The van der Waals surface area contributed by atoms with Gasteiger partial charge in [-0.3, -0.25) is 4.79 Å². The molecule has 0 saturated carbocycles. The average molecular weight is 373 g/mol. The maximum absolute atomic E-state index is 12.3. The summed E-state index contributed by atoms with van der Waals surface area (Å²) < 4.78 is 11.0. The maximum Gasteiger partial charge on any atom is 0.226 e. The molecule has 3 heterocycles. The zero-order valence-corrected chi connectivity index (χ0v) is 15.9. The predicted molar refractivity (Wildman–Crippen MR) is 103 cm³/mol. The number of rotatable bonds is 4. The molecular weight excluding hydrogens is 350 g/mol. The minimum atomic E-state index is -0.0696. The summed E-state index contributed by atoms with van der Waals surface area (Å²) in [5.41, 5.74) is 0.969. The molecule has 0 bridgehead atoms. The van der Waals surface area contributed by atoms with Gasteiger partial charge in [0, 0.05) is 31.0 Å². The molecule has 1 saturated heterocycles. The Labute approximate surface area is 157 Å². The molecular formula is C19H23N3O3S. The topological polar surface area (TPSA) is 63.7 Å². The molecule has 2 aliphatic rings. The maximum atomic E-state index is 12.3. The van der Waals surface area contributed by atoms with Gasteiger partial charge in [-0.15, -0.1) is 0 Å². The molecule has 0 spiro atoms. The summed E-state index contributed by atoms with van der Waals surface area (Å²) in [6.07, 6.45) is 4.06. The summed E-state index contributed by atoms with van der Waals surface area (Å²) in [6.45, 7) is 2.07. The third kappa shape index (κ3) is 3.00. The van der Waals surface area contributed by atoms with Crippen LogP contribution in [0.5, 0.6) is 11.5 Å². The number of para-hydroxylation sites is 1. The van der Waals surface area contributed by atoms with E-state index in [9.17, 15) is 4.79 Å². The van der Waals surface area contributed by atoms with Gasteiger partial charge in [0.2, 0.25) is 5.91 Å². The van der Waals surface area contributed by atoms with E-state index in [1.165, 1.54) is 19.3 Å². The number of anilines is 2. The van der Waals surface area contributed by atoms with E-state index in [2.05, 4.69) is 10.2 Å². The molecule has 1 aromatic heterocycles. The quantitative estimate of drug-likeness (QED) is 0.887. The van der Waals surface area contributed by atoms with Crippen LogP contribution in [0.15, 0.2) is 18.2 Å². The van der Waals surface area contributed by atoms with Crippen molar-refractivity contribution in [2.45, 2.75) is 31.6 Å². The van der Waals surface area contributed by atoms with Gasteiger partial charge in [0.1, 0.15) is 5.82 Å². The fourth-order valence-electron chi connectivity index (χ4n) is 3.77. The van der Waals surface area contributed by atoms with Crippen molar-refractivity contribution in [3.8, 4) is 11.5 Å². The molecule has 2 aliphatic heterocycles. The summed E-state index contributed by atoms with van der Waals surface area (Å²) in [6, 6.07) is 5.82. The molecule has 1 atom stereocenters. The van der Waals surface area contributed by atoms with E-state index < -0.39 is 0 Å². The molecule has 4 rings (SSSR count). The lowest BCUT2D eigenvalue weighted by molar-refractivity contribution is -0.116. The number of aromatic nitrogens is 1. The van der Waals surface area contributed by atoms with Crippen molar-refractivity contribution >= 4 is 28.2 Å². The van der Waals surface area contributed by atoms with Gasteiger partial charge >= 0.3 is 0 Å². The van der Waals surface area contributed by atoms with E-state index in [-0.39, 0.29) is 11.8 Å². The van der Waals surface area contributed by atoms with Crippen LogP contribution < -0.4 is 19.7 Å². The van der Waals surface area contributed by atoms with Crippen molar-refractivity contribution in [1.82, 2.24) is 4.98 Å². The molecule has 7 heteroatoms. The highest BCUT2D eigenvalue weighted by atomic mass is 32.1. The molecule has 26 heavy (non-hydrogen) atoms. The minimum absolute atomic E-state index is 0.0112. The third-order valence-corrected chi connectivity index (χ3v) is 6.27. The van der Waals surface area contributed by atoms with E-state index in [0.29, 0.717) is 23.7 Å². The Balaban J connectivity index is 1.75. The fraction of sp³-hybridized carbons (Fsp3) is 0.474. The number of carbonyl (C=O) groups excluding carboxylic acids is 1. The Bertz CT molecular complexity index is 814. The minimum Gasteiger partial charge on any atom is -0.493 e. The number of amides is 1. The summed E-state index contributed by atoms with van der Waals surface area (Å²) in [4.78, 5) is 20.5. The van der Waals surface area contributed by atoms with Crippen LogP contribution in [0.2, 0.25) is 0 Å². The normalized spacial score (nSPS) is 19.7. The van der Waals surface area contributed by atoms with Crippen molar-refractivity contribution in [3.05, 3.63) is 28.6 Å². The van der Waals surface area contributed by atoms with Crippen LogP contribution in [0.3, 0.4) is 0 Å². The summed E-state index contributed by atoms with van der Waals surface area (Å²) >= 11 is 1.68. The number of carbonyl (C=O) groups is 1. The summed E-state index contributed by atoms with van der Waals surface area (Å²) in [5, 5.41) is 3.95. The Hall–Kier alpha value is -2.28. The number of methoxy groups -OCH3 is 2. The van der Waals surface area contributed by atoms with E-state index in [1.807, 2.05) is 18.2 Å². The lowest BCUT2D eigenvalue weighted by Gasteiger charge is -2.25. The Morgan fingerprint density at radius 2 is 2.00 bits per heavy atom. The second-order valence-electron chi connectivity index (χ2n) is 6.64. The molecule has 1 aromatic carbocycles. The van der Waals surface area contributed by atoms with Gasteiger partial charge in [-0.05, 0) is 25.3 Å². The van der Waals surface area contributed by atoms with E-state index in [4.69, 9.17) is 14.5 Å². The number of ether oxygens (including phenoxy) is 2. The van der Waals surface area contributed by atoms with Gasteiger partial charge in [-0.1, -0.05) is 23.5 Å². The smallest absolute Gasteiger partial charge is 0.226 e. The highest BCUT2D eigenvalue weighted by Crippen LogP contribution is 2.47. The predicted octanol–water partition coefficient (Wildman–Crippen LogP) is 3.62. The zero-order valence-electron chi connectivity index (χ0n) is 15.1. The third-order valence-electron chi connectivity index (χ3n) is 5.04. The standard InChI is InChI=1S/C19H23N3O3S/c1-24-14-8-6-7-12(16(14)25-2)13-11-15(23)20-18-17(13)26-19(21-18)22-9-4-3-5-10-22/h6-8,13H,3-5,9-11H2,1-2H3,(H,20,23)/t13-/m0/s1. The molecule has 0 radical (unpaired) electrons. The highest BCUT2D eigenvalue weighted by molar-refractivity contribution is 7.16. The lowest BCUT2D eigenvalue weighted by Crippen LogP contribution is -2.29. The van der Waals surface area contributed by atoms with Gasteiger partial charge in [0.15, 0.2) is 16.6 Å². The van der Waals surface area contributed by atoms with Gasteiger partial charge in [0.25, 0.3) is 0 Å². The van der Waals surface area contributed by atoms with Crippen molar-refractivity contribution in [3.63, 3.8) is 0 Å². The first-order valence-electron chi connectivity index (χ1n) is 8.97. The Morgan fingerprint density at radius 1 is 1.19 bits per heavy atom. The Morgan fingerprint density at radius 3 is 2.73 bits per heavy atom. The number of nitrogens with zero attached hydrogens (tertiary/aromatic N) is 2. The lowest BCUT2D eigenvalue weighted by atomic mass is 9.90. The first-order chi connectivity index (χ1) is 12.7. The molecule has 6 nitrogen and oxygen atoms in total. The van der Waals surface area contributed by atoms with E-state index in [0.717, 1.165) is 28.7 Å². The van der Waals surface area contributed by atoms with Crippen LogP contribution in [0, 0.1) is 0 Å². The fourth-order valence-corrected chi connectivity index (χ4v) is 4.96. The molecule has 2 aromatic rings. The van der Waals surface area contributed by atoms with Crippen molar-refractivity contribution in [2.75, 3.05) is 37.5 Å². The van der Waals surface area contributed by atoms with Crippen LogP contribution in [0.4, 0.5) is 10.9 Å². The van der Waals surface area contributed by atoms with Gasteiger partial charge < -0.3 is 19.7 Å². The van der Waals surface area contributed by atoms with Crippen molar-refractivity contribution in [2.24, 2.45) is 0 Å². The van der Waals surface area contributed by atoms with Gasteiger partial charge in [-0.25, -0.2) is 4.98 Å². The average Bonchev–Trinajstić information content (AvgIpc) is 3.11. The zero-order chi connectivity index (χ0) is 18.1. The van der Waals surface area contributed by atoms with Gasteiger partial charge in [-0.2, -0.15) is 0 Å². The molecule has 1 N–H and O–H groups in total. The number of hydrogen-bond donors (Lipinski definition) is 1. The number of piperidine rings is 1. The first-order valence-corrected chi connectivity index (χ1v) is 9.79. The SMILES string of the molecule is COc1cccc([C@@H]2CC(=O)Nc3nc(N4CCCCC4)sc32)c1OC. The van der Waals surface area contributed by atoms with Gasteiger partial charge in [0.05, 0.1) is 19.1 Å². The van der Waals surface area contributed by atoms with Crippen molar-refractivity contribution < 1.29 is 14.3 Å². The monoisotopic (exact) mass is 373 g/mol. The second-order valence-corrected chi connectivity index (χ2v) is 7.65. The largest absolute Gasteiger partial charge is 0.493 e. The van der Waals surface area contributed by atoms with Crippen LogP contribution in [-0.2, 0) is 4.79 Å². The molecule has 1 fully saturated rings. The van der Waals surface area contributed by atoms with Crippen LogP contribution in [-0.4, -0.2) is 38.2 Å². The Kier molecular flexibility index (Phi) is 4.72. The van der Waals surface area contributed by atoms with Crippen LogP contribution in [0.1, 0.15) is 42.0 Å². The number of thiazole rings is 1. The molecule has 1 amide bonds. The van der Waals surface area contributed by atoms with Crippen LogP contribution in [0.25, 0.3) is 0 Å². The van der Waals surface area contributed by atoms with Crippen LogP contribution >= 0.6 is 11.3 Å². The van der Waals surface area contributed by atoms with E-state index >= 15 is 0 Å². The summed E-state index contributed by atoms with van der Waals surface area (Å²) in [5.74, 6) is 1.98. The molecule has 0 unspecified atom stereocenters. The first kappa shape index (κ1) is 17.1. The van der Waals surface area contributed by atoms with E-state index in [1.54, 1.807) is 25.6 Å². The second kappa shape index (κ2) is 7.15. The summed E-state index contributed by atoms with van der Waals surface area (Å²) in [7, 11) is 3.26. The number of fused-ring (bicyclic) bond motifs is 1. The molecule has 138 valence electrons. The van der Waals surface area contributed by atoms with Crippen molar-refractivity contribution in [1.29, 1.82) is 0 Å². The number of benzene rings is 1.